The van der Waals surface area contributed by atoms with Crippen LogP contribution in [0, 0.1) is 0 Å². The van der Waals surface area contributed by atoms with Crippen LogP contribution in [0.2, 0.25) is 0 Å². The number of para-hydroxylation sites is 1. The van der Waals surface area contributed by atoms with Gasteiger partial charge < -0.3 is 4.74 Å². The Morgan fingerprint density at radius 2 is 1.64 bits per heavy atom. The van der Waals surface area contributed by atoms with Gasteiger partial charge in [0, 0.05) is 6.54 Å². The quantitative estimate of drug-likeness (QED) is 0.761. The first-order valence-electron chi connectivity index (χ1n) is 8.55. The molecule has 5 heteroatoms. The largest absolute Gasteiger partial charge is 0.492 e. The molecule has 0 saturated heterocycles. The molecule has 0 aromatic heterocycles. The maximum absolute atomic E-state index is 12.4. The molecule has 0 fully saturated rings. The summed E-state index contributed by atoms with van der Waals surface area (Å²) in [6.07, 6.45) is 0.877. The lowest BCUT2D eigenvalue weighted by Gasteiger charge is -2.19. The molecule has 4 nitrogen and oxygen atoms in total. The fraction of sp³-hybridized carbons (Fsp3) is 0.400. The molecule has 0 atom stereocenters. The van der Waals surface area contributed by atoms with Gasteiger partial charge in [-0.15, -0.1) is 0 Å². The SMILES string of the molecule is CCc1ccccc1OCCNS(=O)(=O)c1ccc(C(C)(C)C)cc1. The van der Waals surface area contributed by atoms with Gasteiger partial charge in [-0.3, -0.25) is 0 Å². The van der Waals surface area contributed by atoms with E-state index in [9.17, 15) is 8.42 Å². The monoisotopic (exact) mass is 361 g/mol. The number of sulfonamides is 1. The summed E-state index contributed by atoms with van der Waals surface area (Å²) in [5, 5.41) is 0. The average molecular weight is 362 g/mol. The van der Waals surface area contributed by atoms with Gasteiger partial charge in [0.15, 0.2) is 0 Å². The number of aryl methyl sites for hydroxylation is 1. The first kappa shape index (κ1) is 19.5. The highest BCUT2D eigenvalue weighted by molar-refractivity contribution is 7.89. The van der Waals surface area contributed by atoms with Crippen molar-refractivity contribution in [3.05, 3.63) is 59.7 Å². The van der Waals surface area contributed by atoms with Crippen molar-refractivity contribution in [1.29, 1.82) is 0 Å². The van der Waals surface area contributed by atoms with Crippen LogP contribution in [-0.2, 0) is 21.9 Å². The zero-order valence-corrected chi connectivity index (χ0v) is 16.2. The van der Waals surface area contributed by atoms with Gasteiger partial charge in [0.2, 0.25) is 10.0 Å². The van der Waals surface area contributed by atoms with Crippen LogP contribution in [0.15, 0.2) is 53.4 Å². The second kappa shape index (κ2) is 8.02. The third-order valence-electron chi connectivity index (χ3n) is 4.04. The summed E-state index contributed by atoms with van der Waals surface area (Å²) in [5.74, 6) is 0.804. The number of ether oxygens (including phenoxy) is 1. The van der Waals surface area contributed by atoms with Crippen LogP contribution >= 0.6 is 0 Å². The molecule has 0 amide bonds. The third kappa shape index (κ3) is 5.31. The average Bonchev–Trinajstić information content (AvgIpc) is 2.58. The summed E-state index contributed by atoms with van der Waals surface area (Å²) < 4.78 is 33.0. The van der Waals surface area contributed by atoms with Gasteiger partial charge in [0.05, 0.1) is 4.90 Å². The fourth-order valence-corrected chi connectivity index (χ4v) is 3.50. The van der Waals surface area contributed by atoms with Crippen molar-refractivity contribution in [2.24, 2.45) is 0 Å². The Morgan fingerprint density at radius 3 is 2.24 bits per heavy atom. The van der Waals surface area contributed by atoms with Crippen LogP contribution in [0.3, 0.4) is 0 Å². The Morgan fingerprint density at radius 1 is 1.00 bits per heavy atom. The number of benzene rings is 2. The van der Waals surface area contributed by atoms with Crippen molar-refractivity contribution >= 4 is 10.0 Å². The maximum atomic E-state index is 12.4. The van der Waals surface area contributed by atoms with Crippen LogP contribution in [0.1, 0.15) is 38.8 Å². The van der Waals surface area contributed by atoms with Gasteiger partial charge in [0.1, 0.15) is 12.4 Å². The Labute approximate surface area is 151 Å². The molecule has 0 unspecified atom stereocenters. The molecule has 25 heavy (non-hydrogen) atoms. The highest BCUT2D eigenvalue weighted by Crippen LogP contribution is 2.23. The molecule has 0 heterocycles. The minimum atomic E-state index is -3.52. The molecule has 136 valence electrons. The van der Waals surface area contributed by atoms with Gasteiger partial charge in [-0.1, -0.05) is 58.0 Å². The zero-order valence-electron chi connectivity index (χ0n) is 15.4. The van der Waals surface area contributed by atoms with Gasteiger partial charge in [-0.05, 0) is 41.2 Å². The molecule has 1 N–H and O–H groups in total. The number of rotatable bonds is 7. The molecule has 0 radical (unpaired) electrons. The summed E-state index contributed by atoms with van der Waals surface area (Å²) >= 11 is 0. The van der Waals surface area contributed by atoms with Crippen molar-refractivity contribution in [3.63, 3.8) is 0 Å². The van der Waals surface area contributed by atoms with E-state index in [0.29, 0.717) is 0 Å². The van der Waals surface area contributed by atoms with E-state index in [1.54, 1.807) is 12.1 Å². The maximum Gasteiger partial charge on any atom is 0.240 e. The molecule has 0 bridgehead atoms. The van der Waals surface area contributed by atoms with Gasteiger partial charge in [-0.2, -0.15) is 0 Å². The van der Waals surface area contributed by atoms with Crippen molar-refractivity contribution in [1.82, 2.24) is 4.72 Å². The lowest BCUT2D eigenvalue weighted by atomic mass is 9.87. The zero-order chi connectivity index (χ0) is 18.5. The second-order valence-corrected chi connectivity index (χ2v) is 8.75. The van der Waals surface area contributed by atoms with Crippen molar-refractivity contribution in [2.45, 2.75) is 44.4 Å². The second-order valence-electron chi connectivity index (χ2n) is 6.98. The van der Waals surface area contributed by atoms with E-state index in [0.717, 1.165) is 23.3 Å². The molecule has 2 aromatic carbocycles. The molecule has 0 aliphatic carbocycles. The number of hydrogen-bond donors (Lipinski definition) is 1. The first-order valence-corrected chi connectivity index (χ1v) is 10.0. The van der Waals surface area contributed by atoms with Crippen LogP contribution in [0.4, 0.5) is 0 Å². The molecule has 2 aromatic rings. The van der Waals surface area contributed by atoms with E-state index < -0.39 is 10.0 Å². The molecule has 0 aliphatic rings. The third-order valence-corrected chi connectivity index (χ3v) is 5.51. The number of hydrogen-bond acceptors (Lipinski definition) is 3. The lowest BCUT2D eigenvalue weighted by Crippen LogP contribution is -2.28. The summed E-state index contributed by atoms with van der Waals surface area (Å²) in [4.78, 5) is 0.273. The Bertz CT molecular complexity index is 790. The normalized spacial score (nSPS) is 12.2. The molecule has 0 saturated carbocycles. The Kier molecular flexibility index (Phi) is 6.25. The van der Waals surface area contributed by atoms with Crippen molar-refractivity contribution in [2.75, 3.05) is 13.2 Å². The summed E-state index contributed by atoms with van der Waals surface area (Å²) in [5.41, 5.74) is 2.21. The highest BCUT2D eigenvalue weighted by Gasteiger charge is 2.17. The van der Waals surface area contributed by atoms with Gasteiger partial charge in [0.25, 0.3) is 0 Å². The van der Waals surface area contributed by atoms with Gasteiger partial charge in [-0.25, -0.2) is 13.1 Å². The summed E-state index contributed by atoms with van der Waals surface area (Å²) in [6.45, 7) is 8.87. The minimum absolute atomic E-state index is 0.00374. The predicted molar refractivity (Wildman–Crippen MR) is 102 cm³/mol. The highest BCUT2D eigenvalue weighted by atomic mass is 32.2. The van der Waals surface area contributed by atoms with E-state index in [1.165, 1.54) is 0 Å². The molecule has 0 aliphatic heterocycles. The van der Waals surface area contributed by atoms with Gasteiger partial charge >= 0.3 is 0 Å². The molecule has 0 spiro atoms. The standard InChI is InChI=1S/C20H27NO3S/c1-5-16-8-6-7-9-19(16)24-15-14-21-25(22,23)18-12-10-17(11-13-18)20(2,3)4/h6-13,21H,5,14-15H2,1-4H3. The Balaban J connectivity index is 1.93. The van der Waals surface area contributed by atoms with E-state index in [-0.39, 0.29) is 23.5 Å². The Hall–Kier alpha value is -1.85. The molecule has 2 rings (SSSR count). The van der Waals surface area contributed by atoms with Crippen molar-refractivity contribution < 1.29 is 13.2 Å². The molecular weight excluding hydrogens is 334 g/mol. The van der Waals surface area contributed by atoms with Crippen LogP contribution in [-0.4, -0.2) is 21.6 Å². The lowest BCUT2D eigenvalue weighted by molar-refractivity contribution is 0.320. The van der Waals surface area contributed by atoms with Crippen LogP contribution < -0.4 is 9.46 Å². The fourth-order valence-electron chi connectivity index (χ4n) is 2.49. The van der Waals surface area contributed by atoms with E-state index in [1.807, 2.05) is 36.4 Å². The summed E-state index contributed by atoms with van der Waals surface area (Å²) in [7, 11) is -3.52. The van der Waals surface area contributed by atoms with Crippen LogP contribution in [0.25, 0.3) is 0 Å². The van der Waals surface area contributed by atoms with Crippen molar-refractivity contribution in [3.8, 4) is 5.75 Å². The van der Waals surface area contributed by atoms with E-state index in [2.05, 4.69) is 32.4 Å². The van der Waals surface area contributed by atoms with Crippen LogP contribution in [0.5, 0.6) is 5.75 Å². The summed E-state index contributed by atoms with van der Waals surface area (Å²) in [6, 6.07) is 14.8. The minimum Gasteiger partial charge on any atom is -0.492 e. The smallest absolute Gasteiger partial charge is 0.240 e. The molecular formula is C20H27NO3S. The predicted octanol–water partition coefficient (Wildman–Crippen LogP) is 3.90. The topological polar surface area (TPSA) is 55.4 Å². The first-order chi connectivity index (χ1) is 11.7. The van der Waals surface area contributed by atoms with E-state index in [4.69, 9.17) is 4.74 Å². The van der Waals surface area contributed by atoms with E-state index >= 15 is 0 Å². The number of nitrogens with one attached hydrogen (secondary N) is 1.